The number of methoxy groups -OCH3 is 1. The molecule has 0 saturated heterocycles. The summed E-state index contributed by atoms with van der Waals surface area (Å²) in [4.78, 5) is 12.1. The molecule has 0 aliphatic carbocycles. The summed E-state index contributed by atoms with van der Waals surface area (Å²) in [5.41, 5.74) is 4.54. The van der Waals surface area contributed by atoms with E-state index in [4.69, 9.17) is 15.9 Å². The number of fused-ring (bicyclic) bond motifs is 1. The van der Waals surface area contributed by atoms with Crippen molar-refractivity contribution in [2.24, 2.45) is 5.10 Å². The van der Waals surface area contributed by atoms with E-state index in [1.54, 1.807) is 13.3 Å². The minimum absolute atomic E-state index is 0.133. The third-order valence-electron chi connectivity index (χ3n) is 4.65. The van der Waals surface area contributed by atoms with Gasteiger partial charge in [-0.1, -0.05) is 48.4 Å². The third kappa shape index (κ3) is 5.62. The molecule has 0 spiro atoms. The molecule has 0 saturated carbocycles. The number of nitrogens with zero attached hydrogens (tertiary/aromatic N) is 1. The number of amides is 1. The van der Waals surface area contributed by atoms with Crippen LogP contribution >= 0.6 is 0 Å². The van der Waals surface area contributed by atoms with Crippen LogP contribution in [0, 0.1) is 12.3 Å². The summed E-state index contributed by atoms with van der Waals surface area (Å²) in [6, 6.07) is 19.6. The molecule has 0 aromatic heterocycles. The third-order valence-corrected chi connectivity index (χ3v) is 4.65. The number of carbonyl (C=O) groups excluding carboxylic acids is 1. The van der Waals surface area contributed by atoms with Crippen molar-refractivity contribution in [1.82, 2.24) is 5.43 Å². The molecule has 1 N–H and O–H groups in total. The van der Waals surface area contributed by atoms with Crippen molar-refractivity contribution in [3.63, 3.8) is 0 Å². The molecule has 0 fully saturated rings. The highest BCUT2D eigenvalue weighted by Crippen LogP contribution is 2.26. The summed E-state index contributed by atoms with van der Waals surface area (Å²) in [7, 11) is 1.64. The molecule has 1 amide bonds. The average Bonchev–Trinajstić information content (AvgIpc) is 2.78. The van der Waals surface area contributed by atoms with Crippen molar-refractivity contribution in [3.8, 4) is 23.8 Å². The smallest absolute Gasteiger partial charge is 0.240 e. The Hall–Kier alpha value is -3.78. The molecule has 3 aromatic carbocycles. The summed E-state index contributed by atoms with van der Waals surface area (Å²) < 4.78 is 10.8. The van der Waals surface area contributed by atoms with Crippen LogP contribution in [0.5, 0.6) is 11.5 Å². The molecule has 0 atom stereocenters. The van der Waals surface area contributed by atoms with Crippen molar-refractivity contribution < 1.29 is 14.3 Å². The van der Waals surface area contributed by atoms with E-state index in [9.17, 15) is 4.79 Å². The lowest BCUT2D eigenvalue weighted by Gasteiger charge is -2.09. The van der Waals surface area contributed by atoms with Gasteiger partial charge in [-0.3, -0.25) is 4.79 Å². The summed E-state index contributed by atoms with van der Waals surface area (Å²) in [5, 5.41) is 6.17. The number of hydrogen-bond donors (Lipinski definition) is 1. The van der Waals surface area contributed by atoms with E-state index < -0.39 is 0 Å². The summed E-state index contributed by atoms with van der Waals surface area (Å²) in [6.07, 6.45) is 8.85. The highest BCUT2D eigenvalue weighted by atomic mass is 16.5. The lowest BCUT2D eigenvalue weighted by Crippen LogP contribution is -2.17. The highest BCUT2D eigenvalue weighted by Gasteiger charge is 2.07. The molecule has 0 heterocycles. The van der Waals surface area contributed by atoms with Gasteiger partial charge in [0.2, 0.25) is 5.91 Å². The van der Waals surface area contributed by atoms with E-state index in [0.717, 1.165) is 40.5 Å². The predicted molar refractivity (Wildman–Crippen MR) is 120 cm³/mol. The maximum absolute atomic E-state index is 12.1. The van der Waals surface area contributed by atoms with Gasteiger partial charge in [-0.25, -0.2) is 5.43 Å². The van der Waals surface area contributed by atoms with Gasteiger partial charge in [-0.15, -0.1) is 6.42 Å². The van der Waals surface area contributed by atoms with E-state index in [1.807, 2.05) is 60.7 Å². The standard InChI is InChI=1S/C25H24N2O3/c1-3-17-30-24-16-13-20-8-4-5-9-22(20)23(24)18-26-27-25(28)10-6-7-19-11-14-21(29-2)15-12-19/h1,4-5,8-9,11-16,18H,6-7,10,17H2,2H3,(H,27,28)/b26-18-. The largest absolute Gasteiger partial charge is 0.497 e. The van der Waals surface area contributed by atoms with Crippen LogP contribution in [0.3, 0.4) is 0 Å². The van der Waals surface area contributed by atoms with Crippen molar-refractivity contribution in [3.05, 3.63) is 71.8 Å². The minimum Gasteiger partial charge on any atom is -0.497 e. The SMILES string of the molecule is C#CCOc1ccc2ccccc2c1/C=N\NC(=O)CCCc1ccc(OC)cc1. The van der Waals surface area contributed by atoms with Crippen LogP contribution in [0.15, 0.2) is 65.8 Å². The first-order valence-electron chi connectivity index (χ1n) is 9.74. The topological polar surface area (TPSA) is 59.9 Å². The molecule has 152 valence electrons. The van der Waals surface area contributed by atoms with Crippen LogP contribution in [-0.4, -0.2) is 25.8 Å². The van der Waals surface area contributed by atoms with Crippen molar-refractivity contribution >= 4 is 22.9 Å². The first kappa shape index (κ1) is 20.9. The van der Waals surface area contributed by atoms with Crippen LogP contribution in [0.2, 0.25) is 0 Å². The molecule has 3 rings (SSSR count). The van der Waals surface area contributed by atoms with Crippen LogP contribution in [0.25, 0.3) is 10.8 Å². The lowest BCUT2D eigenvalue weighted by molar-refractivity contribution is -0.121. The number of benzene rings is 3. The number of carbonyl (C=O) groups is 1. The number of rotatable bonds is 9. The Bertz CT molecular complexity index is 1070. The number of ether oxygens (including phenoxy) is 2. The van der Waals surface area contributed by atoms with Gasteiger partial charge >= 0.3 is 0 Å². The first-order chi connectivity index (χ1) is 14.7. The van der Waals surface area contributed by atoms with Crippen LogP contribution in [0.4, 0.5) is 0 Å². The Morgan fingerprint density at radius 1 is 1.13 bits per heavy atom. The lowest BCUT2D eigenvalue weighted by atomic mass is 10.0. The van der Waals surface area contributed by atoms with E-state index in [1.165, 1.54) is 0 Å². The number of hydrogen-bond acceptors (Lipinski definition) is 4. The molecule has 0 radical (unpaired) electrons. The van der Waals surface area contributed by atoms with Crippen molar-refractivity contribution in [2.75, 3.05) is 13.7 Å². The number of terminal acetylenes is 1. The second kappa shape index (κ2) is 10.7. The fourth-order valence-electron chi connectivity index (χ4n) is 3.12. The maximum atomic E-state index is 12.1. The molecule has 0 aliphatic heterocycles. The van der Waals surface area contributed by atoms with Gasteiger partial charge in [0.05, 0.1) is 13.3 Å². The van der Waals surface area contributed by atoms with Gasteiger partial charge in [-0.2, -0.15) is 5.10 Å². The van der Waals surface area contributed by atoms with Gasteiger partial charge in [0.1, 0.15) is 18.1 Å². The Kier molecular flexibility index (Phi) is 7.45. The molecule has 30 heavy (non-hydrogen) atoms. The first-order valence-corrected chi connectivity index (χ1v) is 9.74. The van der Waals surface area contributed by atoms with E-state index in [-0.39, 0.29) is 12.5 Å². The number of nitrogens with one attached hydrogen (secondary N) is 1. The summed E-state index contributed by atoms with van der Waals surface area (Å²) in [6.45, 7) is 0.164. The Labute approximate surface area is 176 Å². The molecule has 0 bridgehead atoms. The Balaban J connectivity index is 1.59. The van der Waals surface area contributed by atoms with Crippen LogP contribution < -0.4 is 14.9 Å². The van der Waals surface area contributed by atoms with Gasteiger partial charge < -0.3 is 9.47 Å². The number of hydrazone groups is 1. The van der Waals surface area contributed by atoms with E-state index in [0.29, 0.717) is 12.2 Å². The van der Waals surface area contributed by atoms with Crippen LogP contribution in [-0.2, 0) is 11.2 Å². The molecular formula is C25H24N2O3. The molecular weight excluding hydrogens is 376 g/mol. The zero-order chi connectivity index (χ0) is 21.2. The molecule has 0 unspecified atom stereocenters. The fraction of sp³-hybridized carbons (Fsp3) is 0.200. The van der Waals surface area contributed by atoms with Gasteiger partial charge in [0.15, 0.2) is 0 Å². The molecule has 5 nitrogen and oxygen atoms in total. The summed E-state index contributed by atoms with van der Waals surface area (Å²) >= 11 is 0. The molecule has 3 aromatic rings. The van der Waals surface area contributed by atoms with Crippen LogP contribution in [0.1, 0.15) is 24.0 Å². The normalized spacial score (nSPS) is 10.7. The van der Waals surface area contributed by atoms with Gasteiger partial charge in [0, 0.05) is 12.0 Å². The quantitative estimate of drug-likeness (QED) is 0.330. The average molecular weight is 400 g/mol. The zero-order valence-electron chi connectivity index (χ0n) is 16.9. The molecule has 0 aliphatic rings. The van der Waals surface area contributed by atoms with E-state index >= 15 is 0 Å². The minimum atomic E-state index is -0.133. The number of aryl methyl sites for hydroxylation is 1. The van der Waals surface area contributed by atoms with Gasteiger partial charge in [-0.05, 0) is 47.4 Å². The maximum Gasteiger partial charge on any atom is 0.240 e. The van der Waals surface area contributed by atoms with Gasteiger partial charge in [0.25, 0.3) is 0 Å². The molecule has 5 heteroatoms. The Morgan fingerprint density at radius 2 is 1.93 bits per heavy atom. The van der Waals surface area contributed by atoms with E-state index in [2.05, 4.69) is 16.4 Å². The summed E-state index contributed by atoms with van der Waals surface area (Å²) in [5.74, 6) is 3.78. The monoisotopic (exact) mass is 400 g/mol. The second-order valence-electron chi connectivity index (χ2n) is 6.69. The Morgan fingerprint density at radius 3 is 2.70 bits per heavy atom. The predicted octanol–water partition coefficient (Wildman–Crippen LogP) is 4.33. The fourth-order valence-corrected chi connectivity index (χ4v) is 3.12. The van der Waals surface area contributed by atoms with Crippen molar-refractivity contribution in [1.29, 1.82) is 0 Å². The zero-order valence-corrected chi connectivity index (χ0v) is 16.9. The van der Waals surface area contributed by atoms with Crippen molar-refractivity contribution in [2.45, 2.75) is 19.3 Å². The second-order valence-corrected chi connectivity index (χ2v) is 6.69. The highest BCUT2D eigenvalue weighted by molar-refractivity contribution is 6.02.